The van der Waals surface area contributed by atoms with E-state index in [1.807, 2.05) is 12.1 Å². The number of fused-ring (bicyclic) bond motifs is 3. The number of imidazole rings is 1. The summed E-state index contributed by atoms with van der Waals surface area (Å²) in [6, 6.07) is 8.44. The van der Waals surface area contributed by atoms with Crippen molar-refractivity contribution in [3.8, 4) is 6.07 Å². The Labute approximate surface area is 124 Å². The lowest BCUT2D eigenvalue weighted by molar-refractivity contribution is 0.551. The van der Waals surface area contributed by atoms with Gasteiger partial charge in [-0.3, -0.25) is 0 Å². The van der Waals surface area contributed by atoms with Gasteiger partial charge in [0.05, 0.1) is 16.6 Å². The summed E-state index contributed by atoms with van der Waals surface area (Å²) in [5.41, 5.74) is 3.79. The molecule has 1 fully saturated rings. The van der Waals surface area contributed by atoms with Crippen LogP contribution in [0.3, 0.4) is 0 Å². The highest BCUT2D eigenvalue weighted by molar-refractivity contribution is 5.82. The second-order valence-electron chi connectivity index (χ2n) is 6.24. The summed E-state index contributed by atoms with van der Waals surface area (Å²) in [6.45, 7) is 2.06. The Hall–Kier alpha value is -2.34. The van der Waals surface area contributed by atoms with Crippen molar-refractivity contribution in [2.45, 2.75) is 19.8 Å². The molecular weight excluding hydrogens is 258 g/mol. The van der Waals surface area contributed by atoms with Crippen LogP contribution in [-0.2, 0) is 0 Å². The van der Waals surface area contributed by atoms with Gasteiger partial charge in [-0.1, -0.05) is 24.3 Å². The van der Waals surface area contributed by atoms with Crippen molar-refractivity contribution in [3.05, 3.63) is 47.8 Å². The molecule has 3 atom stereocenters. The Morgan fingerprint density at radius 1 is 1.38 bits per heavy atom. The van der Waals surface area contributed by atoms with Crippen molar-refractivity contribution >= 4 is 16.6 Å². The number of aromatic nitrogens is 2. The number of benzene rings is 1. The molecule has 3 nitrogen and oxygen atoms in total. The number of H-pyrrole nitrogens is 1. The largest absolute Gasteiger partial charge is 0.337 e. The van der Waals surface area contributed by atoms with E-state index in [0.717, 1.165) is 17.0 Å². The molecule has 0 radical (unpaired) electrons. The first-order valence-electron chi connectivity index (χ1n) is 7.50. The van der Waals surface area contributed by atoms with Gasteiger partial charge in [-0.2, -0.15) is 5.26 Å². The van der Waals surface area contributed by atoms with Gasteiger partial charge in [0.2, 0.25) is 0 Å². The highest BCUT2D eigenvalue weighted by atomic mass is 14.9. The SMILES string of the molecule is Cc1ccc2nc(C(C#N)=CC3CC4C=CC3C4)[nH]c2c1. The van der Waals surface area contributed by atoms with E-state index in [2.05, 4.69) is 47.3 Å². The van der Waals surface area contributed by atoms with Crippen LogP contribution in [0.2, 0.25) is 0 Å². The maximum Gasteiger partial charge on any atom is 0.148 e. The van der Waals surface area contributed by atoms with Crippen LogP contribution in [0, 0.1) is 36.0 Å². The Balaban J connectivity index is 1.71. The number of aryl methyl sites for hydroxylation is 1. The number of allylic oxidation sites excluding steroid dienone is 4. The zero-order chi connectivity index (χ0) is 14.4. The Bertz CT molecular complexity index is 803. The van der Waals surface area contributed by atoms with Crippen LogP contribution in [0.25, 0.3) is 16.6 Å². The molecule has 0 aliphatic heterocycles. The maximum atomic E-state index is 9.49. The number of nitriles is 1. The topological polar surface area (TPSA) is 52.5 Å². The van der Waals surface area contributed by atoms with Gasteiger partial charge in [-0.05, 0) is 55.2 Å². The first-order valence-corrected chi connectivity index (χ1v) is 7.50. The molecule has 1 N–H and O–H groups in total. The minimum atomic E-state index is 0.490. The smallest absolute Gasteiger partial charge is 0.148 e. The predicted octanol–water partition coefficient (Wildman–Crippen LogP) is 3.99. The first kappa shape index (κ1) is 12.4. The van der Waals surface area contributed by atoms with Crippen LogP contribution in [0.5, 0.6) is 0 Å². The monoisotopic (exact) mass is 275 g/mol. The molecule has 2 aliphatic carbocycles. The van der Waals surface area contributed by atoms with Gasteiger partial charge < -0.3 is 4.98 Å². The van der Waals surface area contributed by atoms with Gasteiger partial charge in [0.15, 0.2) is 0 Å². The van der Waals surface area contributed by atoms with E-state index in [9.17, 15) is 5.26 Å². The average Bonchev–Trinajstić information content (AvgIpc) is 3.18. The predicted molar refractivity (Wildman–Crippen MR) is 83.3 cm³/mol. The van der Waals surface area contributed by atoms with Crippen LogP contribution in [0.15, 0.2) is 36.4 Å². The van der Waals surface area contributed by atoms with Gasteiger partial charge in [0, 0.05) is 0 Å². The number of nitrogens with zero attached hydrogens (tertiary/aromatic N) is 2. The second kappa shape index (κ2) is 4.60. The summed E-state index contributed by atoms with van der Waals surface area (Å²) in [5.74, 6) is 2.52. The van der Waals surface area contributed by atoms with Crippen molar-refractivity contribution in [1.29, 1.82) is 5.26 Å². The summed E-state index contributed by atoms with van der Waals surface area (Å²) in [7, 11) is 0. The van der Waals surface area contributed by atoms with Crippen molar-refractivity contribution in [3.63, 3.8) is 0 Å². The van der Waals surface area contributed by atoms with Crippen molar-refractivity contribution in [2.24, 2.45) is 17.8 Å². The standard InChI is InChI=1S/C18H17N3/c1-11-2-5-16-17(6-11)21-18(20-16)15(10-19)9-14-8-12-3-4-13(14)7-12/h2-6,9,12-14H,7-8H2,1H3,(H,20,21). The average molecular weight is 275 g/mol. The Morgan fingerprint density at radius 2 is 2.29 bits per heavy atom. The van der Waals surface area contributed by atoms with Gasteiger partial charge in [-0.15, -0.1) is 0 Å². The molecule has 1 saturated carbocycles. The summed E-state index contributed by atoms with van der Waals surface area (Å²) in [5, 5.41) is 9.49. The normalized spacial score (nSPS) is 27.4. The van der Waals surface area contributed by atoms with Crippen molar-refractivity contribution < 1.29 is 0 Å². The van der Waals surface area contributed by atoms with E-state index in [-0.39, 0.29) is 0 Å². The highest BCUT2D eigenvalue weighted by Gasteiger charge is 2.34. The first-order chi connectivity index (χ1) is 10.2. The molecule has 0 spiro atoms. The third-order valence-corrected chi connectivity index (χ3v) is 4.72. The fourth-order valence-electron chi connectivity index (χ4n) is 3.65. The Morgan fingerprint density at radius 3 is 3.00 bits per heavy atom. The fraction of sp³-hybridized carbons (Fsp3) is 0.333. The van der Waals surface area contributed by atoms with Gasteiger partial charge in [0.1, 0.15) is 11.9 Å². The molecule has 2 aliphatic rings. The van der Waals surface area contributed by atoms with Crippen molar-refractivity contribution in [1.82, 2.24) is 9.97 Å². The third kappa shape index (κ3) is 2.08. The van der Waals surface area contributed by atoms with Crippen LogP contribution in [0.1, 0.15) is 24.2 Å². The molecule has 0 saturated heterocycles. The van der Waals surface area contributed by atoms with Gasteiger partial charge in [0.25, 0.3) is 0 Å². The van der Waals surface area contributed by atoms with E-state index in [1.54, 1.807) is 0 Å². The fourth-order valence-corrected chi connectivity index (χ4v) is 3.65. The molecule has 3 heteroatoms. The number of aromatic amines is 1. The maximum absolute atomic E-state index is 9.49. The summed E-state index contributed by atoms with van der Waals surface area (Å²) in [6.07, 6.45) is 9.18. The van der Waals surface area contributed by atoms with E-state index >= 15 is 0 Å². The molecule has 1 aromatic carbocycles. The summed E-state index contributed by atoms with van der Waals surface area (Å²) < 4.78 is 0. The molecule has 0 amide bonds. The van der Waals surface area contributed by atoms with Crippen molar-refractivity contribution in [2.75, 3.05) is 0 Å². The van der Waals surface area contributed by atoms with E-state index < -0.39 is 0 Å². The van der Waals surface area contributed by atoms with Crippen LogP contribution in [-0.4, -0.2) is 9.97 Å². The zero-order valence-corrected chi connectivity index (χ0v) is 12.0. The lowest BCUT2D eigenvalue weighted by atomic mass is 9.91. The molecule has 2 bridgehead atoms. The second-order valence-corrected chi connectivity index (χ2v) is 6.24. The summed E-state index contributed by atoms with van der Waals surface area (Å²) >= 11 is 0. The molecule has 1 heterocycles. The van der Waals surface area contributed by atoms with E-state index in [0.29, 0.717) is 23.2 Å². The zero-order valence-electron chi connectivity index (χ0n) is 12.0. The molecule has 3 unspecified atom stereocenters. The summed E-state index contributed by atoms with van der Waals surface area (Å²) in [4.78, 5) is 7.85. The van der Waals surface area contributed by atoms with E-state index in [4.69, 9.17) is 0 Å². The molecule has 104 valence electrons. The van der Waals surface area contributed by atoms with Crippen LogP contribution in [0.4, 0.5) is 0 Å². The number of rotatable bonds is 2. The van der Waals surface area contributed by atoms with Gasteiger partial charge >= 0.3 is 0 Å². The van der Waals surface area contributed by atoms with Crippen LogP contribution < -0.4 is 0 Å². The molecule has 21 heavy (non-hydrogen) atoms. The Kier molecular flexibility index (Phi) is 2.71. The third-order valence-electron chi connectivity index (χ3n) is 4.72. The van der Waals surface area contributed by atoms with Crippen LogP contribution >= 0.6 is 0 Å². The van der Waals surface area contributed by atoms with Gasteiger partial charge in [-0.25, -0.2) is 4.98 Å². The van der Waals surface area contributed by atoms with E-state index in [1.165, 1.54) is 18.4 Å². The molecule has 1 aromatic heterocycles. The highest BCUT2D eigenvalue weighted by Crippen LogP contribution is 2.44. The molecule has 4 rings (SSSR count). The lowest BCUT2D eigenvalue weighted by Gasteiger charge is -2.13. The quantitative estimate of drug-likeness (QED) is 0.665. The molecular formula is C18H17N3. The number of hydrogen-bond acceptors (Lipinski definition) is 2. The minimum absolute atomic E-state index is 0.490. The minimum Gasteiger partial charge on any atom is -0.337 e. The molecule has 2 aromatic rings. The number of nitrogens with one attached hydrogen (secondary N) is 1. The number of hydrogen-bond donors (Lipinski definition) is 1. The lowest BCUT2D eigenvalue weighted by Crippen LogP contribution is -2.04.